The first-order valence-electron chi connectivity index (χ1n) is 9.10. The molecular weight excluding hydrogens is 328 g/mol. The molecule has 0 radical (unpaired) electrons. The Labute approximate surface area is 153 Å². The molecule has 1 unspecified atom stereocenters. The molecule has 2 aromatic carbocycles. The Balaban J connectivity index is 1.57. The van der Waals surface area contributed by atoms with E-state index in [1.165, 1.54) is 5.56 Å². The number of hydrogen-bond donors (Lipinski definition) is 1. The molecule has 0 bridgehead atoms. The number of ether oxygens (including phenoxy) is 2. The minimum Gasteiger partial charge on any atom is -0.497 e. The molecule has 136 valence electrons. The summed E-state index contributed by atoms with van der Waals surface area (Å²) in [6.07, 6.45) is 0.461. The Bertz CT molecular complexity index is 828. The van der Waals surface area contributed by atoms with E-state index in [1.54, 1.807) is 7.11 Å². The molecular formula is C21H24N2O3. The minimum atomic E-state index is -0.221. The lowest BCUT2D eigenvalue weighted by Gasteiger charge is -2.29. The number of methoxy groups -OCH3 is 1. The van der Waals surface area contributed by atoms with Gasteiger partial charge in [0.25, 0.3) is 0 Å². The standard InChI is InChI=1S/C21H24N2O3/c1-14-11-17(25-2)5-3-15(14)12-20-18-6-4-16(13-19(18)21(24)26-20)23-9-7-22-8-10-23/h3-6,11,13,20,22H,7-10,12H2,1-2H3. The van der Waals surface area contributed by atoms with Crippen molar-refractivity contribution in [3.05, 3.63) is 58.7 Å². The smallest absolute Gasteiger partial charge is 0.339 e. The van der Waals surface area contributed by atoms with Crippen molar-refractivity contribution in [2.24, 2.45) is 0 Å². The summed E-state index contributed by atoms with van der Waals surface area (Å²) in [5.41, 5.74) is 5.11. The van der Waals surface area contributed by atoms with Crippen LogP contribution in [0.25, 0.3) is 0 Å². The van der Waals surface area contributed by atoms with Gasteiger partial charge in [-0.15, -0.1) is 0 Å². The van der Waals surface area contributed by atoms with Crippen molar-refractivity contribution >= 4 is 11.7 Å². The molecule has 1 atom stereocenters. The second-order valence-electron chi connectivity index (χ2n) is 6.90. The van der Waals surface area contributed by atoms with E-state index in [1.807, 2.05) is 18.2 Å². The summed E-state index contributed by atoms with van der Waals surface area (Å²) < 4.78 is 11.0. The highest BCUT2D eigenvalue weighted by Crippen LogP contribution is 2.36. The maximum Gasteiger partial charge on any atom is 0.339 e. The number of nitrogens with one attached hydrogen (secondary N) is 1. The van der Waals surface area contributed by atoms with Crippen molar-refractivity contribution < 1.29 is 14.3 Å². The molecule has 2 aliphatic rings. The van der Waals surface area contributed by atoms with Crippen LogP contribution < -0.4 is 15.0 Å². The molecule has 1 fully saturated rings. The van der Waals surface area contributed by atoms with E-state index < -0.39 is 0 Å². The normalized spacial score (nSPS) is 19.2. The van der Waals surface area contributed by atoms with Gasteiger partial charge in [-0.25, -0.2) is 4.79 Å². The molecule has 5 heteroatoms. The van der Waals surface area contributed by atoms with Crippen LogP contribution in [0.15, 0.2) is 36.4 Å². The SMILES string of the molecule is COc1ccc(CC2OC(=O)c3cc(N4CCNCC4)ccc32)c(C)c1. The summed E-state index contributed by atoms with van der Waals surface area (Å²) in [6.45, 7) is 5.93. The Hall–Kier alpha value is -2.53. The Morgan fingerprint density at radius 1 is 1.19 bits per heavy atom. The average Bonchev–Trinajstić information content (AvgIpc) is 2.99. The number of hydrogen-bond acceptors (Lipinski definition) is 5. The number of carbonyl (C=O) groups excluding carboxylic acids is 1. The van der Waals surface area contributed by atoms with Crippen LogP contribution in [-0.2, 0) is 11.2 Å². The first-order valence-corrected chi connectivity index (χ1v) is 9.10. The number of anilines is 1. The van der Waals surface area contributed by atoms with Crippen molar-refractivity contribution in [1.29, 1.82) is 0 Å². The van der Waals surface area contributed by atoms with Gasteiger partial charge in [0.1, 0.15) is 11.9 Å². The van der Waals surface area contributed by atoms with Crippen molar-refractivity contribution in [3.8, 4) is 5.75 Å². The number of nitrogens with zero attached hydrogens (tertiary/aromatic N) is 1. The molecule has 0 aromatic heterocycles. The Morgan fingerprint density at radius 3 is 2.73 bits per heavy atom. The van der Waals surface area contributed by atoms with Crippen molar-refractivity contribution in [2.45, 2.75) is 19.4 Å². The van der Waals surface area contributed by atoms with Gasteiger partial charge in [0, 0.05) is 43.9 Å². The number of rotatable bonds is 4. The topological polar surface area (TPSA) is 50.8 Å². The van der Waals surface area contributed by atoms with Crippen LogP contribution in [0.1, 0.15) is 33.2 Å². The number of cyclic esters (lactones) is 1. The summed E-state index contributed by atoms with van der Waals surface area (Å²) in [7, 11) is 1.67. The zero-order valence-electron chi connectivity index (χ0n) is 15.2. The predicted octanol–water partition coefficient (Wildman–Crippen LogP) is 2.87. The van der Waals surface area contributed by atoms with Gasteiger partial charge in [-0.05, 0) is 42.3 Å². The third-order valence-corrected chi connectivity index (χ3v) is 5.29. The van der Waals surface area contributed by atoms with Crippen LogP contribution >= 0.6 is 0 Å². The van der Waals surface area contributed by atoms with E-state index >= 15 is 0 Å². The zero-order chi connectivity index (χ0) is 18.1. The summed E-state index contributed by atoms with van der Waals surface area (Å²) >= 11 is 0. The van der Waals surface area contributed by atoms with E-state index in [4.69, 9.17) is 9.47 Å². The van der Waals surface area contributed by atoms with Crippen LogP contribution in [0.2, 0.25) is 0 Å². The molecule has 1 saturated heterocycles. The Morgan fingerprint density at radius 2 is 2.00 bits per heavy atom. The molecule has 0 amide bonds. The van der Waals surface area contributed by atoms with Crippen LogP contribution in [-0.4, -0.2) is 39.3 Å². The molecule has 0 saturated carbocycles. The molecule has 2 heterocycles. The molecule has 26 heavy (non-hydrogen) atoms. The molecule has 4 rings (SSSR count). The lowest BCUT2D eigenvalue weighted by atomic mass is 9.96. The number of benzene rings is 2. The van der Waals surface area contributed by atoms with Gasteiger partial charge in [-0.2, -0.15) is 0 Å². The fourth-order valence-corrected chi connectivity index (χ4v) is 3.75. The van der Waals surface area contributed by atoms with E-state index in [2.05, 4.69) is 35.3 Å². The first-order chi connectivity index (χ1) is 12.7. The van der Waals surface area contributed by atoms with E-state index in [9.17, 15) is 4.79 Å². The number of aryl methyl sites for hydroxylation is 1. The lowest BCUT2D eigenvalue weighted by Crippen LogP contribution is -2.43. The van der Waals surface area contributed by atoms with E-state index in [0.29, 0.717) is 12.0 Å². The largest absolute Gasteiger partial charge is 0.497 e. The number of esters is 1. The fraction of sp³-hybridized carbons (Fsp3) is 0.381. The summed E-state index contributed by atoms with van der Waals surface area (Å²) in [5.74, 6) is 0.629. The van der Waals surface area contributed by atoms with Gasteiger partial charge in [0.2, 0.25) is 0 Å². The Kier molecular flexibility index (Phi) is 4.55. The van der Waals surface area contributed by atoms with Crippen LogP contribution in [0, 0.1) is 6.92 Å². The molecule has 1 N–H and O–H groups in total. The number of fused-ring (bicyclic) bond motifs is 1. The molecule has 2 aliphatic heterocycles. The third kappa shape index (κ3) is 3.15. The van der Waals surface area contributed by atoms with Crippen LogP contribution in [0.3, 0.4) is 0 Å². The van der Waals surface area contributed by atoms with Crippen molar-refractivity contribution in [1.82, 2.24) is 5.32 Å². The number of carbonyl (C=O) groups is 1. The van der Waals surface area contributed by atoms with Gasteiger partial charge in [-0.3, -0.25) is 0 Å². The summed E-state index contributed by atoms with van der Waals surface area (Å²) in [5, 5.41) is 3.35. The van der Waals surface area contributed by atoms with Crippen LogP contribution in [0.5, 0.6) is 5.75 Å². The average molecular weight is 352 g/mol. The van der Waals surface area contributed by atoms with Gasteiger partial charge in [0.15, 0.2) is 0 Å². The monoisotopic (exact) mass is 352 g/mol. The third-order valence-electron chi connectivity index (χ3n) is 5.29. The molecule has 0 aliphatic carbocycles. The van der Waals surface area contributed by atoms with Crippen molar-refractivity contribution in [2.75, 3.05) is 38.2 Å². The first kappa shape index (κ1) is 16.9. The fourth-order valence-electron chi connectivity index (χ4n) is 3.75. The zero-order valence-corrected chi connectivity index (χ0v) is 15.2. The minimum absolute atomic E-state index is 0.215. The second kappa shape index (κ2) is 7.00. The molecule has 2 aromatic rings. The predicted molar refractivity (Wildman–Crippen MR) is 101 cm³/mol. The van der Waals surface area contributed by atoms with Gasteiger partial charge in [0.05, 0.1) is 12.7 Å². The molecule has 0 spiro atoms. The van der Waals surface area contributed by atoms with E-state index in [-0.39, 0.29) is 12.1 Å². The lowest BCUT2D eigenvalue weighted by molar-refractivity contribution is 0.0386. The maximum absolute atomic E-state index is 12.4. The van der Waals surface area contributed by atoms with Crippen molar-refractivity contribution in [3.63, 3.8) is 0 Å². The van der Waals surface area contributed by atoms with Gasteiger partial charge < -0.3 is 19.7 Å². The maximum atomic E-state index is 12.4. The van der Waals surface area contributed by atoms with Gasteiger partial charge >= 0.3 is 5.97 Å². The quantitative estimate of drug-likeness (QED) is 0.858. The van der Waals surface area contributed by atoms with E-state index in [0.717, 1.165) is 48.7 Å². The highest BCUT2D eigenvalue weighted by Gasteiger charge is 2.32. The molecule has 5 nitrogen and oxygen atoms in total. The summed E-state index contributed by atoms with van der Waals surface area (Å²) in [6, 6.07) is 12.2. The number of piperazine rings is 1. The van der Waals surface area contributed by atoms with Gasteiger partial charge in [-0.1, -0.05) is 12.1 Å². The highest BCUT2D eigenvalue weighted by atomic mass is 16.5. The summed E-state index contributed by atoms with van der Waals surface area (Å²) in [4.78, 5) is 14.7. The highest BCUT2D eigenvalue weighted by molar-refractivity contribution is 5.95. The van der Waals surface area contributed by atoms with Crippen LogP contribution in [0.4, 0.5) is 5.69 Å². The second-order valence-corrected chi connectivity index (χ2v) is 6.90.